The van der Waals surface area contributed by atoms with Crippen molar-refractivity contribution >= 4 is 15.7 Å². The number of unbranched alkanes of at least 4 members (excludes halogenated alkanes) is 2. The van der Waals surface area contributed by atoms with Gasteiger partial charge in [0, 0.05) is 19.6 Å². The Bertz CT molecular complexity index is 862. The van der Waals surface area contributed by atoms with Gasteiger partial charge in [-0.1, -0.05) is 44.9 Å². The summed E-state index contributed by atoms with van der Waals surface area (Å²) in [6, 6.07) is 12.8. The number of anilines is 1. The van der Waals surface area contributed by atoms with Gasteiger partial charge in [-0.2, -0.15) is 0 Å². The van der Waals surface area contributed by atoms with Gasteiger partial charge in [0.1, 0.15) is 10.6 Å². The maximum Gasteiger partial charge on any atom is 0.241 e. The van der Waals surface area contributed by atoms with Gasteiger partial charge in [0.15, 0.2) is 5.75 Å². The molecule has 0 aromatic heterocycles. The Labute approximate surface area is 175 Å². The number of rotatable bonds is 12. The lowest BCUT2D eigenvalue weighted by atomic mass is 10.1. The molecule has 2 rings (SSSR count). The first-order valence-corrected chi connectivity index (χ1v) is 11.8. The molecule has 0 bridgehead atoms. The molecule has 0 saturated carbocycles. The molecule has 0 unspecified atom stereocenters. The highest BCUT2D eigenvalue weighted by molar-refractivity contribution is 7.89. The average Bonchev–Trinajstić information content (AvgIpc) is 2.69. The van der Waals surface area contributed by atoms with Gasteiger partial charge < -0.3 is 15.0 Å². The van der Waals surface area contributed by atoms with Crippen LogP contribution in [0.4, 0.5) is 5.69 Å². The topological polar surface area (TPSA) is 84.7 Å². The predicted octanol–water partition coefficient (Wildman–Crippen LogP) is 4.25. The zero-order valence-corrected chi connectivity index (χ0v) is 18.5. The van der Waals surface area contributed by atoms with Crippen molar-refractivity contribution in [2.45, 2.75) is 51.0 Å². The third-order valence-electron chi connectivity index (χ3n) is 4.65. The zero-order valence-electron chi connectivity index (χ0n) is 17.6. The van der Waals surface area contributed by atoms with Gasteiger partial charge >= 0.3 is 0 Å². The largest absolute Gasteiger partial charge is 0.454 e. The molecule has 6 nitrogen and oxygen atoms in total. The fourth-order valence-electron chi connectivity index (χ4n) is 3.16. The van der Waals surface area contributed by atoms with E-state index in [2.05, 4.69) is 24.1 Å². The number of benzene rings is 2. The minimum Gasteiger partial charge on any atom is -0.454 e. The van der Waals surface area contributed by atoms with Crippen molar-refractivity contribution in [3.63, 3.8) is 0 Å². The molecule has 2 aromatic carbocycles. The Hall–Kier alpha value is -2.09. The molecule has 0 heterocycles. The van der Waals surface area contributed by atoms with Crippen LogP contribution in [-0.2, 0) is 16.6 Å². The molecule has 160 valence electrons. The Morgan fingerprint density at radius 1 is 1.03 bits per heavy atom. The Balaban J connectivity index is 2.66. The third-order valence-corrected chi connectivity index (χ3v) is 5.57. The van der Waals surface area contributed by atoms with Gasteiger partial charge in [0.05, 0.1) is 5.69 Å². The van der Waals surface area contributed by atoms with Crippen molar-refractivity contribution in [3.05, 3.63) is 48.0 Å². The Morgan fingerprint density at radius 3 is 2.17 bits per heavy atom. The van der Waals surface area contributed by atoms with Gasteiger partial charge in [-0.15, -0.1) is 0 Å². The highest BCUT2D eigenvalue weighted by Crippen LogP contribution is 2.39. The molecular weight excluding hydrogens is 386 g/mol. The molecule has 0 radical (unpaired) electrons. The number of nitrogens with one attached hydrogen (secondary N) is 1. The number of nitrogens with two attached hydrogens (primary N) is 1. The standard InChI is InChI=1S/C22H33N3O3S/c1-4-6-13-25(14-7-5-2)20-15-18(17-24-3)16-21(29(23,26)27)22(20)28-19-11-9-8-10-12-19/h8-12,15-16,24H,4-7,13-14,17H2,1-3H3,(H2,23,26,27). The predicted molar refractivity (Wildman–Crippen MR) is 119 cm³/mol. The van der Waals surface area contributed by atoms with E-state index < -0.39 is 10.0 Å². The summed E-state index contributed by atoms with van der Waals surface area (Å²) in [7, 11) is -2.14. The summed E-state index contributed by atoms with van der Waals surface area (Å²) in [5, 5.41) is 8.69. The van der Waals surface area contributed by atoms with Gasteiger partial charge in [-0.3, -0.25) is 0 Å². The molecule has 0 aliphatic heterocycles. The molecule has 0 spiro atoms. The lowest BCUT2D eigenvalue weighted by molar-refractivity contribution is 0.465. The number of hydrogen-bond acceptors (Lipinski definition) is 5. The third kappa shape index (κ3) is 6.73. The van der Waals surface area contributed by atoms with E-state index >= 15 is 0 Å². The highest BCUT2D eigenvalue weighted by atomic mass is 32.2. The molecule has 2 aromatic rings. The monoisotopic (exact) mass is 419 g/mol. The smallest absolute Gasteiger partial charge is 0.241 e. The lowest BCUT2D eigenvalue weighted by Gasteiger charge is -2.28. The number of ether oxygens (including phenoxy) is 1. The fourth-order valence-corrected chi connectivity index (χ4v) is 3.88. The molecular formula is C22H33N3O3S. The SMILES string of the molecule is CCCCN(CCCC)c1cc(CNC)cc(S(N)(=O)=O)c1Oc1ccccc1. The number of para-hydroxylation sites is 1. The van der Waals surface area contributed by atoms with Crippen LogP contribution in [-0.4, -0.2) is 28.6 Å². The van der Waals surface area contributed by atoms with E-state index in [1.54, 1.807) is 18.2 Å². The van der Waals surface area contributed by atoms with Crippen LogP contribution in [0, 0.1) is 0 Å². The van der Waals surface area contributed by atoms with Crippen LogP contribution in [0.2, 0.25) is 0 Å². The molecule has 29 heavy (non-hydrogen) atoms. The zero-order chi connectivity index (χ0) is 21.3. The van der Waals surface area contributed by atoms with Gasteiger partial charge in [0.25, 0.3) is 0 Å². The van der Waals surface area contributed by atoms with Crippen LogP contribution in [0.1, 0.15) is 45.1 Å². The van der Waals surface area contributed by atoms with Crippen LogP contribution in [0.15, 0.2) is 47.4 Å². The lowest BCUT2D eigenvalue weighted by Crippen LogP contribution is -2.27. The summed E-state index contributed by atoms with van der Waals surface area (Å²) in [4.78, 5) is 2.24. The molecule has 0 saturated heterocycles. The van der Waals surface area contributed by atoms with Crippen LogP contribution < -0.4 is 20.1 Å². The molecule has 0 fully saturated rings. The maximum absolute atomic E-state index is 12.5. The van der Waals surface area contributed by atoms with Crippen molar-refractivity contribution in [2.75, 3.05) is 25.0 Å². The Kier molecular flexibility index (Phi) is 8.95. The Morgan fingerprint density at radius 2 is 1.66 bits per heavy atom. The normalized spacial score (nSPS) is 11.4. The van der Waals surface area contributed by atoms with E-state index in [4.69, 9.17) is 9.88 Å². The number of nitrogens with zero attached hydrogens (tertiary/aromatic N) is 1. The van der Waals surface area contributed by atoms with Gasteiger partial charge in [-0.25, -0.2) is 13.6 Å². The summed E-state index contributed by atoms with van der Waals surface area (Å²) in [5.41, 5.74) is 1.62. The van der Waals surface area contributed by atoms with Crippen molar-refractivity contribution in [1.82, 2.24) is 5.32 Å². The number of primary sulfonamides is 1. The summed E-state index contributed by atoms with van der Waals surface area (Å²) in [6.45, 7) is 6.49. The molecule has 0 aliphatic carbocycles. The maximum atomic E-state index is 12.5. The summed E-state index contributed by atoms with van der Waals surface area (Å²) in [6.07, 6.45) is 4.12. The molecule has 0 atom stereocenters. The molecule has 3 N–H and O–H groups in total. The summed E-state index contributed by atoms with van der Waals surface area (Å²) in [5.74, 6) is 0.872. The van der Waals surface area contributed by atoms with E-state index in [0.717, 1.165) is 50.0 Å². The van der Waals surface area contributed by atoms with Crippen molar-refractivity contribution in [3.8, 4) is 11.5 Å². The number of sulfonamides is 1. The second-order valence-electron chi connectivity index (χ2n) is 7.13. The first-order chi connectivity index (χ1) is 13.9. The highest BCUT2D eigenvalue weighted by Gasteiger charge is 2.24. The molecule has 7 heteroatoms. The minimum absolute atomic E-state index is 0.0158. The second kappa shape index (κ2) is 11.2. The molecule has 0 aliphatic rings. The van der Waals surface area contributed by atoms with Crippen LogP contribution in [0.5, 0.6) is 11.5 Å². The van der Waals surface area contributed by atoms with Crippen molar-refractivity contribution in [2.24, 2.45) is 5.14 Å². The van der Waals surface area contributed by atoms with Crippen molar-refractivity contribution in [1.29, 1.82) is 0 Å². The van der Waals surface area contributed by atoms with E-state index in [1.807, 2.05) is 31.3 Å². The first kappa shape index (κ1) is 23.2. The minimum atomic E-state index is -3.97. The summed E-state index contributed by atoms with van der Waals surface area (Å²) < 4.78 is 31.0. The van der Waals surface area contributed by atoms with Gasteiger partial charge in [-0.05, 0) is 49.7 Å². The van der Waals surface area contributed by atoms with E-state index in [1.165, 1.54) is 0 Å². The second-order valence-corrected chi connectivity index (χ2v) is 8.66. The summed E-state index contributed by atoms with van der Waals surface area (Å²) >= 11 is 0. The number of hydrogen-bond donors (Lipinski definition) is 2. The average molecular weight is 420 g/mol. The van der Waals surface area contributed by atoms with Gasteiger partial charge in [0.2, 0.25) is 10.0 Å². The fraction of sp³-hybridized carbons (Fsp3) is 0.455. The van der Waals surface area contributed by atoms with Crippen molar-refractivity contribution < 1.29 is 13.2 Å². The van der Waals surface area contributed by atoms with E-state index in [-0.39, 0.29) is 4.90 Å². The van der Waals surface area contributed by atoms with Crippen LogP contribution >= 0.6 is 0 Å². The van der Waals surface area contributed by atoms with Crippen LogP contribution in [0.3, 0.4) is 0 Å². The van der Waals surface area contributed by atoms with E-state index in [9.17, 15) is 8.42 Å². The van der Waals surface area contributed by atoms with Crippen LogP contribution in [0.25, 0.3) is 0 Å². The molecule has 0 amide bonds. The van der Waals surface area contributed by atoms with E-state index in [0.29, 0.717) is 18.0 Å². The quantitative estimate of drug-likeness (QED) is 0.537. The first-order valence-electron chi connectivity index (χ1n) is 10.2.